The predicted octanol–water partition coefficient (Wildman–Crippen LogP) is 5.27. The van der Waals surface area contributed by atoms with Crippen molar-refractivity contribution < 1.29 is 9.18 Å². The number of nitrogens with zero attached hydrogens (tertiary/aromatic N) is 1. The molecule has 4 rings (SSSR count). The SMILES string of the molecule is O=C(Nc1ccc(F)cc1)c1ccc(-c2nc3ccc(Cl)cc3[nH]2)cc1. The van der Waals surface area contributed by atoms with Crippen molar-refractivity contribution in [3.63, 3.8) is 0 Å². The smallest absolute Gasteiger partial charge is 0.255 e. The molecule has 4 aromatic rings. The number of rotatable bonds is 3. The van der Waals surface area contributed by atoms with Crippen molar-refractivity contribution in [1.82, 2.24) is 9.97 Å². The number of hydrogen-bond acceptors (Lipinski definition) is 2. The van der Waals surface area contributed by atoms with E-state index in [0.717, 1.165) is 16.6 Å². The first kappa shape index (κ1) is 16.3. The average molecular weight is 366 g/mol. The summed E-state index contributed by atoms with van der Waals surface area (Å²) in [5, 5.41) is 3.37. The van der Waals surface area contributed by atoms with Crippen LogP contribution in [-0.2, 0) is 0 Å². The number of aromatic nitrogens is 2. The Labute approximate surface area is 153 Å². The first-order valence-corrected chi connectivity index (χ1v) is 8.29. The molecule has 26 heavy (non-hydrogen) atoms. The largest absolute Gasteiger partial charge is 0.338 e. The summed E-state index contributed by atoms with van der Waals surface area (Å²) >= 11 is 5.99. The van der Waals surface area contributed by atoms with Gasteiger partial charge in [0.05, 0.1) is 11.0 Å². The van der Waals surface area contributed by atoms with E-state index >= 15 is 0 Å². The van der Waals surface area contributed by atoms with Crippen LogP contribution in [0.3, 0.4) is 0 Å². The van der Waals surface area contributed by atoms with E-state index in [-0.39, 0.29) is 11.7 Å². The van der Waals surface area contributed by atoms with Gasteiger partial charge in [0.1, 0.15) is 11.6 Å². The van der Waals surface area contributed by atoms with Crippen LogP contribution in [0.5, 0.6) is 0 Å². The first-order chi connectivity index (χ1) is 12.6. The number of halogens is 2. The van der Waals surface area contributed by atoms with E-state index in [1.807, 2.05) is 24.3 Å². The number of H-pyrrole nitrogens is 1. The minimum Gasteiger partial charge on any atom is -0.338 e. The Morgan fingerprint density at radius 3 is 2.46 bits per heavy atom. The van der Waals surface area contributed by atoms with Crippen LogP contribution in [0.4, 0.5) is 10.1 Å². The second-order valence-electron chi connectivity index (χ2n) is 5.79. The zero-order valence-electron chi connectivity index (χ0n) is 13.5. The van der Waals surface area contributed by atoms with Gasteiger partial charge in [0.15, 0.2) is 0 Å². The van der Waals surface area contributed by atoms with Gasteiger partial charge in [0, 0.05) is 21.8 Å². The normalized spacial score (nSPS) is 10.8. The van der Waals surface area contributed by atoms with Gasteiger partial charge < -0.3 is 10.3 Å². The molecule has 0 aliphatic heterocycles. The zero-order chi connectivity index (χ0) is 18.1. The molecular weight excluding hydrogens is 353 g/mol. The summed E-state index contributed by atoms with van der Waals surface area (Å²) in [5.74, 6) is 0.0896. The number of aromatic amines is 1. The molecule has 4 nitrogen and oxygen atoms in total. The van der Waals surface area contributed by atoms with Crippen molar-refractivity contribution in [2.45, 2.75) is 0 Å². The number of carbonyl (C=O) groups is 1. The molecular formula is C20H13ClFN3O. The molecule has 1 aromatic heterocycles. The van der Waals surface area contributed by atoms with Gasteiger partial charge in [-0.25, -0.2) is 9.37 Å². The topological polar surface area (TPSA) is 57.8 Å². The Morgan fingerprint density at radius 1 is 1.00 bits per heavy atom. The number of anilines is 1. The van der Waals surface area contributed by atoms with Crippen molar-refractivity contribution in [2.24, 2.45) is 0 Å². The van der Waals surface area contributed by atoms with Crippen molar-refractivity contribution in [3.05, 3.63) is 83.1 Å². The molecule has 0 saturated carbocycles. The molecule has 2 N–H and O–H groups in total. The van der Waals surface area contributed by atoms with Crippen LogP contribution in [0, 0.1) is 5.82 Å². The number of imidazole rings is 1. The minimum atomic E-state index is -0.348. The molecule has 3 aromatic carbocycles. The Morgan fingerprint density at radius 2 is 1.73 bits per heavy atom. The molecule has 0 fully saturated rings. The van der Waals surface area contributed by atoms with Gasteiger partial charge in [-0.15, -0.1) is 0 Å². The van der Waals surface area contributed by atoms with E-state index in [1.54, 1.807) is 18.2 Å². The molecule has 0 aliphatic rings. The third kappa shape index (κ3) is 3.30. The van der Waals surface area contributed by atoms with Crippen LogP contribution < -0.4 is 5.32 Å². The van der Waals surface area contributed by atoms with Crippen molar-refractivity contribution in [2.75, 3.05) is 5.32 Å². The third-order valence-corrected chi connectivity index (χ3v) is 4.20. The highest BCUT2D eigenvalue weighted by atomic mass is 35.5. The lowest BCUT2D eigenvalue weighted by Crippen LogP contribution is -2.11. The van der Waals surface area contributed by atoms with Gasteiger partial charge >= 0.3 is 0 Å². The van der Waals surface area contributed by atoms with Gasteiger partial charge in [-0.05, 0) is 54.6 Å². The predicted molar refractivity (Wildman–Crippen MR) is 101 cm³/mol. The second kappa shape index (κ2) is 6.61. The van der Waals surface area contributed by atoms with E-state index < -0.39 is 0 Å². The van der Waals surface area contributed by atoms with Crippen LogP contribution in [0.1, 0.15) is 10.4 Å². The number of nitrogens with one attached hydrogen (secondary N) is 2. The maximum Gasteiger partial charge on any atom is 0.255 e. The molecule has 128 valence electrons. The van der Waals surface area contributed by atoms with Gasteiger partial charge in [-0.1, -0.05) is 23.7 Å². The van der Waals surface area contributed by atoms with Gasteiger partial charge in [-0.2, -0.15) is 0 Å². The zero-order valence-corrected chi connectivity index (χ0v) is 14.2. The quantitative estimate of drug-likeness (QED) is 0.519. The van der Waals surface area contributed by atoms with Gasteiger partial charge in [0.25, 0.3) is 5.91 Å². The first-order valence-electron chi connectivity index (χ1n) is 7.91. The fraction of sp³-hybridized carbons (Fsp3) is 0. The second-order valence-corrected chi connectivity index (χ2v) is 6.22. The van der Waals surface area contributed by atoms with Crippen LogP contribution in [-0.4, -0.2) is 15.9 Å². The number of benzene rings is 3. The molecule has 0 spiro atoms. The summed E-state index contributed by atoms with van der Waals surface area (Å²) in [6.45, 7) is 0. The van der Waals surface area contributed by atoms with Crippen LogP contribution in [0.2, 0.25) is 5.02 Å². The standard InChI is InChI=1S/C20H13ClFN3O/c21-14-5-10-17-18(11-14)25-19(24-17)12-1-3-13(4-2-12)20(26)23-16-8-6-15(22)7-9-16/h1-11H,(H,23,26)(H,24,25). The number of carbonyl (C=O) groups excluding carboxylic acids is 1. The molecule has 0 bridgehead atoms. The Kier molecular flexibility index (Phi) is 4.14. The molecule has 0 atom stereocenters. The Bertz CT molecular complexity index is 1090. The van der Waals surface area contributed by atoms with E-state index in [4.69, 9.17) is 11.6 Å². The molecule has 0 saturated heterocycles. The van der Waals surface area contributed by atoms with Crippen LogP contribution >= 0.6 is 11.6 Å². The average Bonchev–Trinajstić information content (AvgIpc) is 3.07. The summed E-state index contributed by atoms with van der Waals surface area (Å²) in [6, 6.07) is 18.2. The lowest BCUT2D eigenvalue weighted by atomic mass is 10.1. The number of amides is 1. The van der Waals surface area contributed by atoms with Crippen LogP contribution in [0.15, 0.2) is 66.7 Å². The monoisotopic (exact) mass is 365 g/mol. The van der Waals surface area contributed by atoms with Crippen LogP contribution in [0.25, 0.3) is 22.4 Å². The summed E-state index contributed by atoms with van der Waals surface area (Å²) in [6.07, 6.45) is 0. The maximum absolute atomic E-state index is 12.9. The third-order valence-electron chi connectivity index (χ3n) is 3.97. The summed E-state index contributed by atoms with van der Waals surface area (Å²) in [4.78, 5) is 20.0. The van der Waals surface area contributed by atoms with Crippen molar-refractivity contribution >= 4 is 34.2 Å². The van der Waals surface area contributed by atoms with E-state index in [0.29, 0.717) is 22.1 Å². The molecule has 1 heterocycles. The minimum absolute atomic E-state index is 0.264. The fourth-order valence-corrected chi connectivity index (χ4v) is 2.81. The molecule has 0 aliphatic carbocycles. The Hall–Kier alpha value is -3.18. The highest BCUT2D eigenvalue weighted by Crippen LogP contribution is 2.23. The van der Waals surface area contributed by atoms with Crippen molar-refractivity contribution in [3.8, 4) is 11.4 Å². The highest BCUT2D eigenvalue weighted by molar-refractivity contribution is 6.31. The fourth-order valence-electron chi connectivity index (χ4n) is 2.63. The van der Waals surface area contributed by atoms with Gasteiger partial charge in [0.2, 0.25) is 0 Å². The van der Waals surface area contributed by atoms with Crippen molar-refractivity contribution in [1.29, 1.82) is 0 Å². The molecule has 6 heteroatoms. The number of hydrogen-bond donors (Lipinski definition) is 2. The number of fused-ring (bicyclic) bond motifs is 1. The summed E-state index contributed by atoms with van der Waals surface area (Å²) < 4.78 is 12.9. The Balaban J connectivity index is 1.55. The van der Waals surface area contributed by atoms with Gasteiger partial charge in [-0.3, -0.25) is 4.79 Å². The lowest BCUT2D eigenvalue weighted by molar-refractivity contribution is 0.102. The van der Waals surface area contributed by atoms with E-state index in [9.17, 15) is 9.18 Å². The van der Waals surface area contributed by atoms with E-state index in [2.05, 4.69) is 15.3 Å². The molecule has 1 amide bonds. The highest BCUT2D eigenvalue weighted by Gasteiger charge is 2.09. The molecule has 0 radical (unpaired) electrons. The summed E-state index contributed by atoms with van der Waals surface area (Å²) in [7, 11) is 0. The maximum atomic E-state index is 12.9. The summed E-state index contributed by atoms with van der Waals surface area (Å²) in [5.41, 5.74) is 3.57. The lowest BCUT2D eigenvalue weighted by Gasteiger charge is -2.05. The molecule has 0 unspecified atom stereocenters. The van der Waals surface area contributed by atoms with E-state index in [1.165, 1.54) is 24.3 Å².